The van der Waals surface area contributed by atoms with E-state index in [2.05, 4.69) is 37.7 Å². The second-order valence-electron chi connectivity index (χ2n) is 8.52. The Morgan fingerprint density at radius 1 is 1.00 bits per heavy atom. The number of hydrogen-bond acceptors (Lipinski definition) is 8. The van der Waals surface area contributed by atoms with Gasteiger partial charge in [-0.05, 0) is 74.2 Å². The van der Waals surface area contributed by atoms with Crippen molar-refractivity contribution >= 4 is 28.8 Å². The molecule has 0 bridgehead atoms. The Morgan fingerprint density at radius 2 is 1.78 bits per heavy atom. The number of aryl methyl sites for hydroxylation is 1. The smallest absolute Gasteiger partial charge is 0.303 e. The van der Waals surface area contributed by atoms with Crippen LogP contribution in [0.1, 0.15) is 44.1 Å². The predicted molar refractivity (Wildman–Crippen MR) is 138 cm³/mol. The molecule has 2 heterocycles. The topological polar surface area (TPSA) is 141 Å². The van der Waals surface area contributed by atoms with E-state index < -0.39 is 5.97 Å². The summed E-state index contributed by atoms with van der Waals surface area (Å²) in [6.45, 7) is 1.11. The SMILES string of the molecule is NCCCCCCc1ccc(Nc2ncc3nnn(-c4ccc(OCCCC(=O)O)cc4)c3n2)cc1. The summed E-state index contributed by atoms with van der Waals surface area (Å²) < 4.78 is 7.24. The Morgan fingerprint density at radius 3 is 2.53 bits per heavy atom. The summed E-state index contributed by atoms with van der Waals surface area (Å²) in [5.41, 5.74) is 9.70. The minimum atomic E-state index is -0.829. The van der Waals surface area contributed by atoms with Crippen molar-refractivity contribution in [3.8, 4) is 11.4 Å². The molecule has 10 nitrogen and oxygen atoms in total. The van der Waals surface area contributed by atoms with Gasteiger partial charge in [-0.2, -0.15) is 9.67 Å². The van der Waals surface area contributed by atoms with Crippen LogP contribution in [0, 0.1) is 0 Å². The lowest BCUT2D eigenvalue weighted by atomic mass is 10.1. The molecular formula is C26H31N7O3. The van der Waals surface area contributed by atoms with Crippen LogP contribution in [0.2, 0.25) is 0 Å². The monoisotopic (exact) mass is 489 g/mol. The summed E-state index contributed by atoms with van der Waals surface area (Å²) in [5.74, 6) is 0.285. The molecule has 188 valence electrons. The molecule has 0 fully saturated rings. The molecule has 0 aliphatic carbocycles. The first kappa shape index (κ1) is 25.1. The van der Waals surface area contributed by atoms with Crippen LogP contribution in [0.15, 0.2) is 54.7 Å². The summed E-state index contributed by atoms with van der Waals surface area (Å²) >= 11 is 0. The number of fused-ring (bicyclic) bond motifs is 1. The molecular weight excluding hydrogens is 458 g/mol. The lowest BCUT2D eigenvalue weighted by Gasteiger charge is -2.08. The number of anilines is 2. The molecule has 36 heavy (non-hydrogen) atoms. The van der Waals surface area contributed by atoms with Crippen molar-refractivity contribution in [1.82, 2.24) is 25.0 Å². The van der Waals surface area contributed by atoms with Crippen molar-refractivity contribution < 1.29 is 14.6 Å². The van der Waals surface area contributed by atoms with Gasteiger partial charge in [-0.1, -0.05) is 30.2 Å². The maximum absolute atomic E-state index is 10.6. The van der Waals surface area contributed by atoms with Crippen LogP contribution in [0.4, 0.5) is 11.6 Å². The molecule has 0 spiro atoms. The number of carbonyl (C=O) groups is 1. The second kappa shape index (κ2) is 12.6. The van der Waals surface area contributed by atoms with Crippen molar-refractivity contribution in [2.24, 2.45) is 5.73 Å². The number of rotatable bonds is 14. The molecule has 0 aliphatic rings. The van der Waals surface area contributed by atoms with Crippen LogP contribution in [0.3, 0.4) is 0 Å². The highest BCUT2D eigenvalue weighted by atomic mass is 16.5. The van der Waals surface area contributed by atoms with Crippen LogP contribution in [-0.2, 0) is 11.2 Å². The lowest BCUT2D eigenvalue weighted by molar-refractivity contribution is -0.137. The number of ether oxygens (including phenoxy) is 1. The third-order valence-corrected chi connectivity index (χ3v) is 5.71. The van der Waals surface area contributed by atoms with E-state index in [-0.39, 0.29) is 6.42 Å². The number of nitrogens with zero attached hydrogens (tertiary/aromatic N) is 5. The third kappa shape index (κ3) is 6.98. The van der Waals surface area contributed by atoms with E-state index in [1.165, 1.54) is 24.8 Å². The van der Waals surface area contributed by atoms with Gasteiger partial charge in [-0.25, -0.2) is 4.98 Å². The van der Waals surface area contributed by atoms with Gasteiger partial charge < -0.3 is 20.9 Å². The molecule has 0 amide bonds. The Kier molecular flexibility index (Phi) is 8.77. The molecule has 0 saturated heterocycles. The number of hydrogen-bond donors (Lipinski definition) is 3. The number of carboxylic acids is 1. The maximum atomic E-state index is 10.6. The van der Waals surface area contributed by atoms with Gasteiger partial charge in [0.2, 0.25) is 5.95 Å². The molecule has 4 aromatic rings. The van der Waals surface area contributed by atoms with E-state index in [1.807, 2.05) is 36.4 Å². The molecule has 0 aliphatic heterocycles. The highest BCUT2D eigenvalue weighted by molar-refractivity contribution is 5.73. The van der Waals surface area contributed by atoms with Crippen LogP contribution >= 0.6 is 0 Å². The minimum Gasteiger partial charge on any atom is -0.494 e. The van der Waals surface area contributed by atoms with Crippen molar-refractivity contribution in [2.45, 2.75) is 44.9 Å². The summed E-state index contributed by atoms with van der Waals surface area (Å²) in [6.07, 6.45) is 7.89. The highest BCUT2D eigenvalue weighted by Crippen LogP contribution is 2.21. The predicted octanol–water partition coefficient (Wildman–Crippen LogP) is 4.26. The Labute approximate surface area is 209 Å². The fourth-order valence-corrected chi connectivity index (χ4v) is 3.77. The number of nitrogens with two attached hydrogens (primary N) is 1. The molecule has 4 N–H and O–H groups in total. The highest BCUT2D eigenvalue weighted by Gasteiger charge is 2.11. The first-order valence-electron chi connectivity index (χ1n) is 12.2. The summed E-state index contributed by atoms with van der Waals surface area (Å²) in [4.78, 5) is 19.6. The zero-order valence-electron chi connectivity index (χ0n) is 20.1. The number of aromatic nitrogens is 5. The van der Waals surface area contributed by atoms with Gasteiger partial charge in [0.1, 0.15) is 5.75 Å². The molecule has 2 aromatic carbocycles. The number of aliphatic carboxylic acids is 1. The van der Waals surface area contributed by atoms with Crippen LogP contribution in [0.5, 0.6) is 5.75 Å². The Balaban J connectivity index is 1.38. The van der Waals surface area contributed by atoms with E-state index in [9.17, 15) is 4.79 Å². The van der Waals surface area contributed by atoms with Gasteiger partial charge in [0, 0.05) is 12.1 Å². The average molecular weight is 490 g/mol. The van der Waals surface area contributed by atoms with E-state index >= 15 is 0 Å². The fraction of sp³-hybridized carbons (Fsp3) is 0.346. The summed E-state index contributed by atoms with van der Waals surface area (Å²) in [6, 6.07) is 15.6. The molecule has 0 radical (unpaired) electrons. The standard InChI is InChI=1S/C26H31N7O3/c27-16-4-2-1-3-6-19-8-10-20(11-9-19)29-26-28-18-23-25(30-26)33(32-31-23)21-12-14-22(15-13-21)36-17-5-7-24(34)35/h8-15,18H,1-7,16-17,27H2,(H,34,35)(H,28,29,30). The van der Waals surface area contributed by atoms with Gasteiger partial charge in [0.25, 0.3) is 0 Å². The van der Waals surface area contributed by atoms with Gasteiger partial charge in [0.15, 0.2) is 11.2 Å². The van der Waals surface area contributed by atoms with Crippen molar-refractivity contribution in [1.29, 1.82) is 0 Å². The van der Waals surface area contributed by atoms with Crippen LogP contribution in [-0.4, -0.2) is 49.2 Å². The first-order chi connectivity index (χ1) is 17.6. The molecule has 4 rings (SSSR count). The fourth-order valence-electron chi connectivity index (χ4n) is 3.77. The van der Waals surface area contributed by atoms with E-state index in [0.717, 1.165) is 30.8 Å². The molecule has 0 unspecified atom stereocenters. The second-order valence-corrected chi connectivity index (χ2v) is 8.52. The minimum absolute atomic E-state index is 0.0822. The van der Waals surface area contributed by atoms with E-state index in [4.69, 9.17) is 15.6 Å². The number of nitrogens with one attached hydrogen (secondary N) is 1. The molecule has 0 saturated carbocycles. The molecule has 10 heteroatoms. The largest absolute Gasteiger partial charge is 0.494 e. The Hall–Kier alpha value is -4.05. The van der Waals surface area contributed by atoms with Crippen molar-refractivity contribution in [3.63, 3.8) is 0 Å². The zero-order chi connectivity index (χ0) is 25.2. The number of carboxylic acid groups (broad SMARTS) is 1. The summed E-state index contributed by atoms with van der Waals surface area (Å²) in [5, 5.41) is 20.4. The van der Waals surface area contributed by atoms with E-state index in [0.29, 0.717) is 35.9 Å². The molecule has 2 aromatic heterocycles. The lowest BCUT2D eigenvalue weighted by Crippen LogP contribution is -2.03. The Bertz CT molecular complexity index is 1260. The zero-order valence-corrected chi connectivity index (χ0v) is 20.1. The third-order valence-electron chi connectivity index (χ3n) is 5.71. The number of benzene rings is 2. The average Bonchev–Trinajstić information content (AvgIpc) is 3.31. The van der Waals surface area contributed by atoms with E-state index in [1.54, 1.807) is 10.9 Å². The molecule has 0 atom stereocenters. The van der Waals surface area contributed by atoms with Gasteiger partial charge >= 0.3 is 5.97 Å². The van der Waals surface area contributed by atoms with Crippen LogP contribution in [0.25, 0.3) is 16.9 Å². The van der Waals surface area contributed by atoms with Gasteiger partial charge in [-0.3, -0.25) is 4.79 Å². The number of unbranched alkanes of at least 4 members (excludes halogenated alkanes) is 3. The van der Waals surface area contributed by atoms with Gasteiger partial charge in [-0.15, -0.1) is 5.10 Å². The normalized spacial score (nSPS) is 11.0. The van der Waals surface area contributed by atoms with Crippen molar-refractivity contribution in [3.05, 3.63) is 60.3 Å². The quantitative estimate of drug-likeness (QED) is 0.221. The van der Waals surface area contributed by atoms with Crippen molar-refractivity contribution in [2.75, 3.05) is 18.5 Å². The van der Waals surface area contributed by atoms with Gasteiger partial charge in [0.05, 0.1) is 18.5 Å². The first-order valence-corrected chi connectivity index (χ1v) is 12.2. The maximum Gasteiger partial charge on any atom is 0.303 e. The summed E-state index contributed by atoms with van der Waals surface area (Å²) in [7, 11) is 0. The van der Waals surface area contributed by atoms with Crippen LogP contribution < -0.4 is 15.8 Å².